The van der Waals surface area contributed by atoms with Crippen LogP contribution in [0.4, 0.5) is 0 Å². The van der Waals surface area contributed by atoms with Crippen LogP contribution in [0.1, 0.15) is 26.7 Å². The third-order valence-electron chi connectivity index (χ3n) is 4.40. The van der Waals surface area contributed by atoms with Crippen LogP contribution in [0.3, 0.4) is 0 Å². The van der Waals surface area contributed by atoms with Crippen molar-refractivity contribution in [3.05, 3.63) is 0 Å². The zero-order chi connectivity index (χ0) is 15.3. The van der Waals surface area contributed by atoms with Gasteiger partial charge in [0.15, 0.2) is 9.84 Å². The lowest BCUT2D eigenvalue weighted by Crippen LogP contribution is -2.51. The Morgan fingerprint density at radius 1 is 1.48 bits per heavy atom. The molecule has 124 valence electrons. The molecule has 0 aliphatic carbocycles. The van der Waals surface area contributed by atoms with Gasteiger partial charge in [0.1, 0.15) is 5.37 Å². The molecule has 2 fully saturated rings. The second-order valence-corrected chi connectivity index (χ2v) is 9.41. The zero-order valence-electron chi connectivity index (χ0n) is 13.1. The molecule has 21 heavy (non-hydrogen) atoms. The van der Waals surface area contributed by atoms with Crippen molar-refractivity contribution in [2.45, 2.75) is 44.2 Å². The summed E-state index contributed by atoms with van der Waals surface area (Å²) in [4.78, 5) is 2.13. The van der Waals surface area contributed by atoms with E-state index in [2.05, 4.69) is 17.1 Å². The van der Waals surface area contributed by atoms with Crippen LogP contribution in [-0.2, 0) is 14.6 Å². The predicted molar refractivity (Wildman–Crippen MR) is 88.6 cm³/mol. The van der Waals surface area contributed by atoms with E-state index in [1.54, 1.807) is 18.7 Å². The molecule has 0 radical (unpaired) electrons. The zero-order valence-corrected chi connectivity index (χ0v) is 14.7. The molecular formula is C14H28N2O3S2. The van der Waals surface area contributed by atoms with Gasteiger partial charge in [0.25, 0.3) is 0 Å². The minimum atomic E-state index is -2.98. The SMILES string of the molecule is CCS(=O)(=O)C1CSCCN1CCNC(C)C1CCCO1. The smallest absolute Gasteiger partial charge is 0.166 e. The van der Waals surface area contributed by atoms with Crippen LogP contribution in [0.15, 0.2) is 0 Å². The first-order valence-electron chi connectivity index (χ1n) is 7.93. The van der Waals surface area contributed by atoms with Gasteiger partial charge in [-0.15, -0.1) is 0 Å². The highest BCUT2D eigenvalue weighted by atomic mass is 32.2. The first kappa shape index (κ1) is 17.5. The van der Waals surface area contributed by atoms with Crippen LogP contribution in [0.2, 0.25) is 0 Å². The monoisotopic (exact) mass is 336 g/mol. The van der Waals surface area contributed by atoms with Crippen LogP contribution in [-0.4, -0.2) is 74.3 Å². The highest BCUT2D eigenvalue weighted by Crippen LogP contribution is 2.21. The van der Waals surface area contributed by atoms with Crippen LogP contribution < -0.4 is 5.32 Å². The second-order valence-electron chi connectivity index (χ2n) is 5.81. The predicted octanol–water partition coefficient (Wildman–Crippen LogP) is 0.953. The summed E-state index contributed by atoms with van der Waals surface area (Å²) in [5, 5.41) is 3.19. The Hall–Kier alpha value is 0.180. The average molecular weight is 337 g/mol. The summed E-state index contributed by atoms with van der Waals surface area (Å²) in [5.74, 6) is 1.96. The average Bonchev–Trinajstić information content (AvgIpc) is 3.02. The van der Waals surface area contributed by atoms with Gasteiger partial charge in [0.05, 0.1) is 6.10 Å². The van der Waals surface area contributed by atoms with Crippen molar-refractivity contribution in [3.8, 4) is 0 Å². The fourth-order valence-corrected chi connectivity index (χ4v) is 6.07. The van der Waals surface area contributed by atoms with Gasteiger partial charge in [-0.3, -0.25) is 4.90 Å². The van der Waals surface area contributed by atoms with E-state index >= 15 is 0 Å². The molecule has 5 nitrogen and oxygen atoms in total. The molecule has 0 aromatic carbocycles. The first-order chi connectivity index (χ1) is 10.0. The van der Waals surface area contributed by atoms with Crippen molar-refractivity contribution in [3.63, 3.8) is 0 Å². The van der Waals surface area contributed by atoms with Crippen LogP contribution in [0, 0.1) is 0 Å². The summed E-state index contributed by atoms with van der Waals surface area (Å²) in [6.45, 7) is 7.25. The van der Waals surface area contributed by atoms with Gasteiger partial charge in [-0.1, -0.05) is 6.92 Å². The third-order valence-corrected chi connectivity index (χ3v) is 7.73. The number of rotatable bonds is 7. The van der Waals surface area contributed by atoms with Crippen molar-refractivity contribution >= 4 is 21.6 Å². The minimum Gasteiger partial charge on any atom is -0.377 e. The third kappa shape index (κ3) is 4.82. The molecule has 2 aliphatic heterocycles. The van der Waals surface area contributed by atoms with Gasteiger partial charge >= 0.3 is 0 Å². The molecule has 0 aromatic heterocycles. The molecule has 0 amide bonds. The lowest BCUT2D eigenvalue weighted by Gasteiger charge is -2.35. The molecule has 2 saturated heterocycles. The maximum Gasteiger partial charge on any atom is 0.166 e. The second kappa shape index (κ2) is 8.15. The standard InChI is InChI=1S/C14H28N2O3S2/c1-3-21(17,18)14-11-20-10-8-16(14)7-6-15-12(2)13-5-4-9-19-13/h12-15H,3-11H2,1-2H3. The molecule has 0 saturated carbocycles. The van der Waals surface area contributed by atoms with Crippen LogP contribution >= 0.6 is 11.8 Å². The van der Waals surface area contributed by atoms with E-state index in [0.717, 1.165) is 44.8 Å². The molecule has 2 aliphatic rings. The van der Waals surface area contributed by atoms with Gasteiger partial charge in [-0.05, 0) is 19.8 Å². The van der Waals surface area contributed by atoms with Crippen molar-refractivity contribution in [2.75, 3.05) is 43.5 Å². The first-order valence-corrected chi connectivity index (χ1v) is 10.8. The number of sulfone groups is 1. The molecule has 1 N–H and O–H groups in total. The van der Waals surface area contributed by atoms with E-state index in [1.807, 2.05) is 0 Å². The van der Waals surface area contributed by atoms with Crippen LogP contribution in [0.25, 0.3) is 0 Å². The van der Waals surface area contributed by atoms with E-state index in [0.29, 0.717) is 17.9 Å². The van der Waals surface area contributed by atoms with Crippen LogP contribution in [0.5, 0.6) is 0 Å². The van der Waals surface area contributed by atoms with Gasteiger partial charge in [-0.25, -0.2) is 8.42 Å². The molecule has 2 rings (SSSR count). The largest absolute Gasteiger partial charge is 0.377 e. The Morgan fingerprint density at radius 3 is 2.95 bits per heavy atom. The Balaban J connectivity index is 1.79. The van der Waals surface area contributed by atoms with Crippen molar-refractivity contribution < 1.29 is 13.2 Å². The van der Waals surface area contributed by atoms with E-state index < -0.39 is 9.84 Å². The Labute approximate surface area is 133 Å². The molecule has 0 bridgehead atoms. The number of nitrogens with zero attached hydrogens (tertiary/aromatic N) is 1. The van der Waals surface area contributed by atoms with Crippen molar-refractivity contribution in [1.82, 2.24) is 10.2 Å². The van der Waals surface area contributed by atoms with E-state index in [1.165, 1.54) is 0 Å². The number of thioether (sulfide) groups is 1. The molecule has 2 heterocycles. The van der Waals surface area contributed by atoms with Gasteiger partial charge in [-0.2, -0.15) is 11.8 Å². The number of nitrogens with one attached hydrogen (secondary N) is 1. The molecule has 0 aromatic rings. The Morgan fingerprint density at radius 2 is 2.29 bits per heavy atom. The lowest BCUT2D eigenvalue weighted by molar-refractivity contribution is 0.0826. The lowest BCUT2D eigenvalue weighted by atomic mass is 10.1. The highest BCUT2D eigenvalue weighted by Gasteiger charge is 2.32. The summed E-state index contributed by atoms with van der Waals surface area (Å²) >= 11 is 1.75. The van der Waals surface area contributed by atoms with Gasteiger partial charge < -0.3 is 10.1 Å². The summed E-state index contributed by atoms with van der Waals surface area (Å²) < 4.78 is 30.0. The summed E-state index contributed by atoms with van der Waals surface area (Å²) in [6, 6.07) is 0.341. The molecule has 3 atom stereocenters. The van der Waals surface area contributed by atoms with E-state index in [9.17, 15) is 8.42 Å². The fraction of sp³-hybridized carbons (Fsp3) is 1.00. The molecule has 3 unspecified atom stereocenters. The number of hydrogen-bond donors (Lipinski definition) is 1. The van der Waals surface area contributed by atoms with Gasteiger partial charge in [0.2, 0.25) is 0 Å². The Bertz CT molecular complexity index is 410. The maximum atomic E-state index is 12.2. The molecular weight excluding hydrogens is 308 g/mol. The molecule has 7 heteroatoms. The maximum absolute atomic E-state index is 12.2. The van der Waals surface area contributed by atoms with Crippen molar-refractivity contribution in [2.24, 2.45) is 0 Å². The highest BCUT2D eigenvalue weighted by molar-refractivity contribution is 8.01. The van der Waals surface area contributed by atoms with E-state index in [4.69, 9.17) is 4.74 Å². The number of hydrogen-bond acceptors (Lipinski definition) is 6. The topological polar surface area (TPSA) is 58.6 Å². The number of ether oxygens (including phenoxy) is 1. The summed E-state index contributed by atoms with van der Waals surface area (Å²) in [6.07, 6.45) is 2.59. The normalized spacial score (nSPS) is 29.6. The fourth-order valence-electron chi connectivity index (χ4n) is 2.96. The van der Waals surface area contributed by atoms with Crippen molar-refractivity contribution in [1.29, 1.82) is 0 Å². The summed E-state index contributed by atoms with van der Waals surface area (Å²) in [5.41, 5.74) is 0. The Kier molecular flexibility index (Phi) is 6.80. The van der Waals surface area contributed by atoms with E-state index in [-0.39, 0.29) is 11.1 Å². The minimum absolute atomic E-state index is 0.231. The molecule has 0 spiro atoms. The quantitative estimate of drug-likeness (QED) is 0.747. The summed E-state index contributed by atoms with van der Waals surface area (Å²) in [7, 11) is -2.98. The van der Waals surface area contributed by atoms with Gasteiger partial charge in [0, 0.05) is 49.5 Å².